The van der Waals surface area contributed by atoms with E-state index in [1.807, 2.05) is 0 Å². The molecule has 0 bridgehead atoms. The SMILES string of the molecule is N#CC(C#N)=Cc1ccc(OC(=O)CCCOc2ccc(Cl)cc2)cc1. The molecule has 0 spiro atoms. The molecular weight excluding hydrogens is 352 g/mol. The van der Waals surface area contributed by atoms with Crippen molar-refractivity contribution in [1.82, 2.24) is 0 Å². The first-order chi connectivity index (χ1) is 12.6. The number of halogens is 1. The van der Waals surface area contributed by atoms with Crippen molar-refractivity contribution < 1.29 is 14.3 Å². The van der Waals surface area contributed by atoms with Gasteiger partial charge >= 0.3 is 5.97 Å². The highest BCUT2D eigenvalue weighted by Crippen LogP contribution is 2.17. The Labute approximate surface area is 156 Å². The molecule has 0 atom stereocenters. The third kappa shape index (κ3) is 6.32. The van der Waals surface area contributed by atoms with Gasteiger partial charge in [0.25, 0.3) is 0 Å². The molecule has 0 amide bonds. The van der Waals surface area contributed by atoms with Crippen LogP contribution >= 0.6 is 11.6 Å². The van der Waals surface area contributed by atoms with Gasteiger partial charge in [0.2, 0.25) is 0 Å². The molecular formula is C20H15ClN2O3. The Morgan fingerprint density at radius 3 is 2.23 bits per heavy atom. The van der Waals surface area contributed by atoms with E-state index < -0.39 is 0 Å². The van der Waals surface area contributed by atoms with E-state index in [2.05, 4.69) is 0 Å². The summed E-state index contributed by atoms with van der Waals surface area (Å²) in [5.74, 6) is 0.740. The number of ether oxygens (including phenoxy) is 2. The van der Waals surface area contributed by atoms with Crippen molar-refractivity contribution in [1.29, 1.82) is 10.5 Å². The van der Waals surface area contributed by atoms with Gasteiger partial charge in [0, 0.05) is 11.4 Å². The van der Waals surface area contributed by atoms with Crippen molar-refractivity contribution in [2.24, 2.45) is 0 Å². The molecule has 0 aliphatic heterocycles. The summed E-state index contributed by atoms with van der Waals surface area (Å²) in [6.45, 7) is 0.394. The average Bonchev–Trinajstić information content (AvgIpc) is 2.66. The second-order valence-corrected chi connectivity index (χ2v) is 5.67. The van der Waals surface area contributed by atoms with Crippen LogP contribution in [0.2, 0.25) is 5.02 Å². The van der Waals surface area contributed by atoms with Crippen LogP contribution in [0.3, 0.4) is 0 Å². The zero-order chi connectivity index (χ0) is 18.8. The molecule has 5 nitrogen and oxygen atoms in total. The highest BCUT2D eigenvalue weighted by molar-refractivity contribution is 6.30. The Hall–Kier alpha value is -3.28. The lowest BCUT2D eigenvalue weighted by atomic mass is 10.1. The third-order valence-electron chi connectivity index (χ3n) is 3.27. The summed E-state index contributed by atoms with van der Waals surface area (Å²) in [5.41, 5.74) is 0.690. The van der Waals surface area contributed by atoms with Gasteiger partial charge in [0.1, 0.15) is 29.2 Å². The summed E-state index contributed by atoms with van der Waals surface area (Å²) in [6.07, 6.45) is 2.21. The van der Waals surface area contributed by atoms with E-state index in [9.17, 15) is 4.79 Å². The number of benzene rings is 2. The Kier molecular flexibility index (Phi) is 7.24. The number of carbonyl (C=O) groups excluding carboxylic acids is 1. The summed E-state index contributed by atoms with van der Waals surface area (Å²) in [5, 5.41) is 18.1. The number of hydrogen-bond acceptors (Lipinski definition) is 5. The van der Waals surface area contributed by atoms with E-state index in [-0.39, 0.29) is 18.0 Å². The Morgan fingerprint density at radius 1 is 1.00 bits per heavy atom. The topological polar surface area (TPSA) is 83.1 Å². The summed E-state index contributed by atoms with van der Waals surface area (Å²) in [6, 6.07) is 17.1. The minimum absolute atomic E-state index is 0.00966. The van der Waals surface area contributed by atoms with Gasteiger partial charge in [-0.3, -0.25) is 4.79 Å². The smallest absolute Gasteiger partial charge is 0.311 e. The summed E-state index contributed by atoms with van der Waals surface area (Å²) >= 11 is 5.79. The number of esters is 1. The fourth-order valence-corrected chi connectivity index (χ4v) is 2.13. The monoisotopic (exact) mass is 366 g/mol. The van der Waals surface area contributed by atoms with E-state index in [1.54, 1.807) is 60.7 Å². The standard InChI is InChI=1S/C20H15ClN2O3/c21-17-5-9-18(10-6-17)25-11-1-2-20(24)26-19-7-3-15(4-8-19)12-16(13-22)14-23/h3-10,12H,1-2,11H2. The Bertz CT molecular complexity index is 844. The highest BCUT2D eigenvalue weighted by atomic mass is 35.5. The molecule has 0 N–H and O–H groups in total. The van der Waals surface area contributed by atoms with Gasteiger partial charge in [-0.1, -0.05) is 23.7 Å². The first kappa shape index (κ1) is 19.1. The van der Waals surface area contributed by atoms with Gasteiger partial charge in [-0.15, -0.1) is 0 Å². The van der Waals surface area contributed by atoms with E-state index in [0.29, 0.717) is 35.1 Å². The molecule has 0 aliphatic carbocycles. The van der Waals surface area contributed by atoms with E-state index in [1.165, 1.54) is 6.08 Å². The molecule has 0 saturated heterocycles. The Balaban J connectivity index is 1.75. The average molecular weight is 367 g/mol. The fourth-order valence-electron chi connectivity index (χ4n) is 2.01. The van der Waals surface area contributed by atoms with Crippen LogP contribution in [0.25, 0.3) is 6.08 Å². The largest absolute Gasteiger partial charge is 0.494 e. The van der Waals surface area contributed by atoms with E-state index >= 15 is 0 Å². The van der Waals surface area contributed by atoms with Crippen LogP contribution in [0, 0.1) is 22.7 Å². The van der Waals surface area contributed by atoms with Crippen LogP contribution in [0.5, 0.6) is 11.5 Å². The molecule has 0 fully saturated rings. The molecule has 2 aromatic carbocycles. The fraction of sp³-hybridized carbons (Fsp3) is 0.150. The van der Waals surface area contributed by atoms with Crippen molar-refractivity contribution in [2.45, 2.75) is 12.8 Å². The lowest BCUT2D eigenvalue weighted by Crippen LogP contribution is -2.09. The maximum Gasteiger partial charge on any atom is 0.311 e. The van der Waals surface area contributed by atoms with Gasteiger partial charge in [-0.25, -0.2) is 0 Å². The molecule has 0 saturated carbocycles. The lowest BCUT2D eigenvalue weighted by molar-refractivity contribution is -0.134. The van der Waals surface area contributed by atoms with Crippen LogP contribution in [-0.2, 0) is 4.79 Å². The first-order valence-electron chi connectivity index (χ1n) is 7.82. The zero-order valence-electron chi connectivity index (χ0n) is 13.8. The lowest BCUT2D eigenvalue weighted by Gasteiger charge is -2.07. The van der Waals surface area contributed by atoms with Crippen molar-refractivity contribution >= 4 is 23.6 Å². The van der Waals surface area contributed by atoms with Crippen molar-refractivity contribution in [3.05, 3.63) is 64.7 Å². The van der Waals surface area contributed by atoms with E-state index in [4.69, 9.17) is 31.6 Å². The molecule has 2 rings (SSSR count). The summed E-state index contributed by atoms with van der Waals surface area (Å²) in [4.78, 5) is 11.8. The van der Waals surface area contributed by atoms with Crippen LogP contribution in [0.4, 0.5) is 0 Å². The second kappa shape index (κ2) is 9.88. The predicted molar refractivity (Wildman–Crippen MR) is 97.5 cm³/mol. The van der Waals surface area contributed by atoms with Crippen molar-refractivity contribution in [3.8, 4) is 23.6 Å². The molecule has 0 heterocycles. The van der Waals surface area contributed by atoms with Gasteiger partial charge in [-0.2, -0.15) is 10.5 Å². The second-order valence-electron chi connectivity index (χ2n) is 5.23. The quantitative estimate of drug-likeness (QED) is 0.311. The number of rotatable bonds is 7. The minimum atomic E-state index is -0.359. The van der Waals surface area contributed by atoms with Gasteiger partial charge < -0.3 is 9.47 Å². The minimum Gasteiger partial charge on any atom is -0.494 e. The number of nitrogens with zero attached hydrogens (tertiary/aromatic N) is 2. The first-order valence-corrected chi connectivity index (χ1v) is 8.19. The normalized spacial score (nSPS) is 9.50. The Morgan fingerprint density at radius 2 is 1.62 bits per heavy atom. The predicted octanol–water partition coefficient (Wildman–Crippen LogP) is 4.54. The molecule has 6 heteroatoms. The van der Waals surface area contributed by atoms with Gasteiger partial charge in [0.15, 0.2) is 0 Å². The molecule has 0 aromatic heterocycles. The zero-order valence-corrected chi connectivity index (χ0v) is 14.6. The summed E-state index contributed by atoms with van der Waals surface area (Å²) < 4.78 is 10.7. The maximum atomic E-state index is 11.8. The number of carbonyl (C=O) groups is 1. The van der Waals surface area contributed by atoms with E-state index in [0.717, 1.165) is 0 Å². The molecule has 0 unspecified atom stereocenters. The van der Waals surface area contributed by atoms with Crippen LogP contribution in [0.1, 0.15) is 18.4 Å². The molecule has 2 aromatic rings. The van der Waals surface area contributed by atoms with Crippen LogP contribution in [-0.4, -0.2) is 12.6 Å². The number of nitriles is 2. The maximum absolute atomic E-state index is 11.8. The molecule has 26 heavy (non-hydrogen) atoms. The van der Waals surface area contributed by atoms with Gasteiger partial charge in [-0.05, 0) is 54.5 Å². The van der Waals surface area contributed by atoms with Crippen LogP contribution in [0.15, 0.2) is 54.1 Å². The third-order valence-corrected chi connectivity index (χ3v) is 3.52. The summed E-state index contributed by atoms with van der Waals surface area (Å²) in [7, 11) is 0. The van der Waals surface area contributed by atoms with Crippen molar-refractivity contribution in [3.63, 3.8) is 0 Å². The van der Waals surface area contributed by atoms with Crippen molar-refractivity contribution in [2.75, 3.05) is 6.61 Å². The number of hydrogen-bond donors (Lipinski definition) is 0. The number of allylic oxidation sites excluding steroid dienone is 1. The van der Waals surface area contributed by atoms with Gasteiger partial charge in [0.05, 0.1) is 6.61 Å². The highest BCUT2D eigenvalue weighted by Gasteiger charge is 2.05. The molecule has 0 radical (unpaired) electrons. The van der Waals surface area contributed by atoms with Crippen LogP contribution < -0.4 is 9.47 Å². The molecule has 130 valence electrons. The molecule has 0 aliphatic rings.